The minimum absolute atomic E-state index is 0.0600. The van der Waals surface area contributed by atoms with Crippen molar-refractivity contribution >= 4 is 11.9 Å². The van der Waals surface area contributed by atoms with Gasteiger partial charge in [-0.05, 0) is 43.5 Å². The number of carbonyl (C=O) groups is 2. The number of carbonyl (C=O) groups excluding carboxylic acids is 2. The smallest absolute Gasteiger partial charge is 0.342 e. The van der Waals surface area contributed by atoms with Crippen LogP contribution in [0, 0.1) is 20.8 Å². The summed E-state index contributed by atoms with van der Waals surface area (Å²) in [6, 6.07) is 10.9. The van der Waals surface area contributed by atoms with E-state index in [1.54, 1.807) is 26.1 Å². The molecule has 1 N–H and O–H groups in total. The maximum atomic E-state index is 12.2. The lowest BCUT2D eigenvalue weighted by atomic mass is 10.1. The van der Waals surface area contributed by atoms with Gasteiger partial charge in [0.2, 0.25) is 0 Å². The molecule has 25 heavy (non-hydrogen) atoms. The normalized spacial score (nSPS) is 10.4. The Morgan fingerprint density at radius 1 is 1.08 bits per heavy atom. The van der Waals surface area contributed by atoms with E-state index >= 15 is 0 Å². The average molecular weight is 341 g/mol. The summed E-state index contributed by atoms with van der Waals surface area (Å²) in [5, 5.41) is 9.89. The number of hydrogen-bond acceptors (Lipinski definition) is 4. The number of aromatic hydroxyl groups is 1. The number of phenols is 1. The number of nitrogens with zero attached hydrogens (tertiary/aromatic N) is 1. The van der Waals surface area contributed by atoms with Gasteiger partial charge in [-0.3, -0.25) is 4.79 Å². The summed E-state index contributed by atoms with van der Waals surface area (Å²) in [6.07, 6.45) is 0. The van der Waals surface area contributed by atoms with Crippen molar-refractivity contribution in [1.29, 1.82) is 0 Å². The second-order valence-corrected chi connectivity index (χ2v) is 6.23. The maximum Gasteiger partial charge on any atom is 0.342 e. The van der Waals surface area contributed by atoms with E-state index in [0.717, 1.165) is 11.1 Å². The van der Waals surface area contributed by atoms with Gasteiger partial charge in [-0.15, -0.1) is 0 Å². The quantitative estimate of drug-likeness (QED) is 0.849. The Bertz CT molecular complexity index is 798. The van der Waals surface area contributed by atoms with Crippen LogP contribution >= 0.6 is 0 Å². The molecule has 5 heteroatoms. The number of esters is 1. The number of hydrogen-bond donors (Lipinski definition) is 1. The van der Waals surface area contributed by atoms with Crippen molar-refractivity contribution in [3.8, 4) is 5.75 Å². The van der Waals surface area contributed by atoms with Crippen LogP contribution in [0.3, 0.4) is 0 Å². The van der Waals surface area contributed by atoms with Gasteiger partial charge >= 0.3 is 5.97 Å². The first-order valence-electron chi connectivity index (χ1n) is 8.05. The molecule has 0 aliphatic rings. The molecule has 0 bridgehead atoms. The highest BCUT2D eigenvalue weighted by Crippen LogP contribution is 2.22. The number of aryl methyl sites for hydroxylation is 3. The summed E-state index contributed by atoms with van der Waals surface area (Å²) in [5.74, 6) is -1.14. The van der Waals surface area contributed by atoms with Crippen LogP contribution in [0.15, 0.2) is 36.4 Å². The molecule has 0 unspecified atom stereocenters. The van der Waals surface area contributed by atoms with Gasteiger partial charge in [0, 0.05) is 13.6 Å². The van der Waals surface area contributed by atoms with Gasteiger partial charge in [0.1, 0.15) is 11.3 Å². The van der Waals surface area contributed by atoms with Gasteiger partial charge in [-0.1, -0.05) is 35.9 Å². The van der Waals surface area contributed by atoms with E-state index < -0.39 is 5.97 Å². The average Bonchev–Trinajstić information content (AvgIpc) is 2.57. The molecule has 0 atom stereocenters. The Morgan fingerprint density at radius 2 is 1.80 bits per heavy atom. The number of rotatable bonds is 5. The first-order chi connectivity index (χ1) is 11.8. The fourth-order valence-electron chi connectivity index (χ4n) is 2.51. The fraction of sp³-hybridized carbons (Fsp3) is 0.300. The zero-order valence-electron chi connectivity index (χ0n) is 15.0. The van der Waals surface area contributed by atoms with E-state index in [0.29, 0.717) is 12.1 Å². The molecular weight excluding hydrogens is 318 g/mol. The van der Waals surface area contributed by atoms with E-state index in [9.17, 15) is 14.7 Å². The van der Waals surface area contributed by atoms with Crippen molar-refractivity contribution in [3.63, 3.8) is 0 Å². The van der Waals surface area contributed by atoms with Gasteiger partial charge in [0.25, 0.3) is 5.91 Å². The van der Waals surface area contributed by atoms with Crippen LogP contribution in [0.5, 0.6) is 5.75 Å². The third kappa shape index (κ3) is 4.59. The van der Waals surface area contributed by atoms with E-state index in [1.807, 2.05) is 26.0 Å². The topological polar surface area (TPSA) is 66.8 Å². The Kier molecular flexibility index (Phi) is 5.80. The summed E-state index contributed by atoms with van der Waals surface area (Å²) in [7, 11) is 1.67. The van der Waals surface area contributed by atoms with E-state index in [4.69, 9.17) is 4.74 Å². The largest absolute Gasteiger partial charge is 0.507 e. The summed E-state index contributed by atoms with van der Waals surface area (Å²) in [5.41, 5.74) is 3.96. The Labute approximate surface area is 147 Å². The molecule has 0 spiro atoms. The minimum Gasteiger partial charge on any atom is -0.507 e. The first-order valence-corrected chi connectivity index (χ1v) is 8.05. The molecule has 0 aliphatic carbocycles. The highest BCUT2D eigenvalue weighted by molar-refractivity contribution is 5.94. The van der Waals surface area contributed by atoms with Gasteiger partial charge in [-0.2, -0.15) is 0 Å². The third-order valence-corrected chi connectivity index (χ3v) is 4.12. The third-order valence-electron chi connectivity index (χ3n) is 4.12. The highest BCUT2D eigenvalue weighted by Gasteiger charge is 2.17. The molecule has 0 aliphatic heterocycles. The molecule has 2 aromatic carbocycles. The van der Waals surface area contributed by atoms with Crippen LogP contribution in [-0.2, 0) is 16.1 Å². The van der Waals surface area contributed by atoms with Crippen LogP contribution in [0.2, 0.25) is 0 Å². The SMILES string of the molecule is Cc1ccc(CN(C)C(=O)COC(=O)c2cccc(C)c2O)c(C)c1. The Balaban J connectivity index is 1.95. The molecule has 132 valence electrons. The second-order valence-electron chi connectivity index (χ2n) is 6.23. The number of amides is 1. The molecule has 2 rings (SSSR count). The summed E-state index contributed by atoms with van der Waals surface area (Å²) < 4.78 is 5.04. The second kappa shape index (κ2) is 7.83. The summed E-state index contributed by atoms with van der Waals surface area (Å²) in [6.45, 7) is 5.79. The van der Waals surface area contributed by atoms with Gasteiger partial charge in [0.05, 0.1) is 0 Å². The van der Waals surface area contributed by atoms with E-state index in [1.165, 1.54) is 16.5 Å². The molecule has 0 saturated heterocycles. The molecule has 2 aromatic rings. The number of benzene rings is 2. The molecule has 0 fully saturated rings. The predicted molar refractivity (Wildman–Crippen MR) is 95.5 cm³/mol. The van der Waals surface area contributed by atoms with E-state index in [2.05, 4.69) is 6.07 Å². The highest BCUT2D eigenvalue weighted by atomic mass is 16.5. The standard InChI is InChI=1S/C20H23NO4/c1-13-8-9-16(15(3)10-13)11-21(4)18(22)12-25-20(24)17-7-5-6-14(2)19(17)23/h5-10,23H,11-12H2,1-4H3. The Hall–Kier alpha value is -2.82. The summed E-state index contributed by atoms with van der Waals surface area (Å²) >= 11 is 0. The van der Waals surface area contributed by atoms with Gasteiger partial charge in [0.15, 0.2) is 6.61 Å². The number of likely N-dealkylation sites (N-methyl/N-ethyl adjacent to an activating group) is 1. The lowest BCUT2D eigenvalue weighted by Gasteiger charge is -2.19. The first kappa shape index (κ1) is 18.5. The molecule has 0 aromatic heterocycles. The van der Waals surface area contributed by atoms with Crippen LogP contribution in [0.25, 0.3) is 0 Å². The van der Waals surface area contributed by atoms with Crippen LogP contribution < -0.4 is 0 Å². The van der Waals surface area contributed by atoms with Crippen molar-refractivity contribution < 1.29 is 19.4 Å². The number of ether oxygens (including phenoxy) is 1. The predicted octanol–water partition coefficient (Wildman–Crippen LogP) is 3.13. The molecule has 5 nitrogen and oxygen atoms in total. The van der Waals surface area contributed by atoms with Gasteiger partial charge in [-0.25, -0.2) is 4.79 Å². The van der Waals surface area contributed by atoms with Crippen LogP contribution in [-0.4, -0.2) is 35.5 Å². The zero-order chi connectivity index (χ0) is 18.6. The summed E-state index contributed by atoms with van der Waals surface area (Å²) in [4.78, 5) is 25.8. The van der Waals surface area contributed by atoms with Gasteiger partial charge < -0.3 is 14.7 Å². The monoisotopic (exact) mass is 341 g/mol. The molecule has 1 amide bonds. The Morgan fingerprint density at radius 3 is 2.48 bits per heavy atom. The lowest BCUT2D eigenvalue weighted by molar-refractivity contribution is -0.133. The molecule has 0 heterocycles. The van der Waals surface area contributed by atoms with E-state index in [-0.39, 0.29) is 23.8 Å². The molecule has 0 radical (unpaired) electrons. The zero-order valence-corrected chi connectivity index (χ0v) is 15.0. The lowest BCUT2D eigenvalue weighted by Crippen LogP contribution is -2.31. The number of para-hydroxylation sites is 1. The van der Waals surface area contributed by atoms with Crippen LogP contribution in [0.1, 0.15) is 32.6 Å². The molecular formula is C20H23NO4. The van der Waals surface area contributed by atoms with Crippen molar-refractivity contribution in [3.05, 3.63) is 64.2 Å². The molecule has 0 saturated carbocycles. The number of phenolic OH excluding ortho intramolecular Hbond substituents is 1. The van der Waals surface area contributed by atoms with Crippen molar-refractivity contribution in [2.45, 2.75) is 27.3 Å². The maximum absolute atomic E-state index is 12.2. The van der Waals surface area contributed by atoms with Crippen molar-refractivity contribution in [1.82, 2.24) is 4.90 Å². The minimum atomic E-state index is -0.713. The van der Waals surface area contributed by atoms with Crippen molar-refractivity contribution in [2.75, 3.05) is 13.7 Å². The van der Waals surface area contributed by atoms with Crippen LogP contribution in [0.4, 0.5) is 0 Å². The van der Waals surface area contributed by atoms with Crippen molar-refractivity contribution in [2.24, 2.45) is 0 Å². The fourth-order valence-corrected chi connectivity index (χ4v) is 2.51.